The SMILES string of the molecule is CC1Cc2nc(SCC(=O)Nc3cccc(F)c3)n(-c3ccccc3)c(=O)c2S1. The van der Waals surface area contributed by atoms with E-state index in [1.54, 1.807) is 22.4 Å². The van der Waals surface area contributed by atoms with Crippen molar-refractivity contribution >= 4 is 35.1 Å². The molecule has 1 amide bonds. The Balaban J connectivity index is 1.61. The van der Waals surface area contributed by atoms with Gasteiger partial charge in [0.15, 0.2) is 5.16 Å². The molecule has 1 aliphatic heterocycles. The molecular formula is C21H18FN3O2S2. The zero-order valence-electron chi connectivity index (χ0n) is 15.6. The Labute approximate surface area is 175 Å². The topological polar surface area (TPSA) is 64.0 Å². The van der Waals surface area contributed by atoms with E-state index in [0.717, 1.165) is 12.1 Å². The molecule has 0 saturated carbocycles. The van der Waals surface area contributed by atoms with Gasteiger partial charge in [-0.2, -0.15) is 0 Å². The number of amides is 1. The lowest BCUT2D eigenvalue weighted by molar-refractivity contribution is -0.113. The second-order valence-corrected chi connectivity index (χ2v) is 9.02. The van der Waals surface area contributed by atoms with E-state index in [1.807, 2.05) is 30.3 Å². The van der Waals surface area contributed by atoms with Crippen LogP contribution in [-0.2, 0) is 11.2 Å². The van der Waals surface area contributed by atoms with Crippen LogP contribution < -0.4 is 10.9 Å². The Morgan fingerprint density at radius 1 is 1.28 bits per heavy atom. The average molecular weight is 428 g/mol. The molecule has 0 saturated heterocycles. The van der Waals surface area contributed by atoms with Gasteiger partial charge < -0.3 is 5.32 Å². The molecule has 0 bridgehead atoms. The fourth-order valence-electron chi connectivity index (χ4n) is 3.09. The van der Waals surface area contributed by atoms with E-state index in [2.05, 4.69) is 12.2 Å². The van der Waals surface area contributed by atoms with Gasteiger partial charge in [0.25, 0.3) is 5.56 Å². The van der Waals surface area contributed by atoms with Crippen molar-refractivity contribution in [2.75, 3.05) is 11.1 Å². The zero-order chi connectivity index (χ0) is 20.4. The first-order valence-electron chi connectivity index (χ1n) is 9.07. The minimum Gasteiger partial charge on any atom is -0.325 e. The number of halogens is 1. The number of rotatable bonds is 5. The monoisotopic (exact) mass is 427 g/mol. The maximum Gasteiger partial charge on any atom is 0.272 e. The summed E-state index contributed by atoms with van der Waals surface area (Å²) in [6.07, 6.45) is 0.730. The summed E-state index contributed by atoms with van der Waals surface area (Å²) in [6, 6.07) is 15.0. The largest absolute Gasteiger partial charge is 0.325 e. The van der Waals surface area contributed by atoms with Gasteiger partial charge in [0.1, 0.15) is 5.82 Å². The number of anilines is 1. The van der Waals surface area contributed by atoms with E-state index < -0.39 is 5.82 Å². The van der Waals surface area contributed by atoms with Crippen molar-refractivity contribution in [3.8, 4) is 5.69 Å². The Morgan fingerprint density at radius 2 is 2.07 bits per heavy atom. The molecule has 1 atom stereocenters. The maximum atomic E-state index is 13.3. The highest BCUT2D eigenvalue weighted by atomic mass is 32.2. The molecule has 0 radical (unpaired) electrons. The fraction of sp³-hybridized carbons (Fsp3) is 0.190. The van der Waals surface area contributed by atoms with E-state index in [0.29, 0.717) is 26.7 Å². The molecule has 4 rings (SSSR count). The van der Waals surface area contributed by atoms with Crippen molar-refractivity contribution in [3.05, 3.63) is 76.5 Å². The molecular weight excluding hydrogens is 409 g/mol. The number of thioether (sulfide) groups is 2. The Kier molecular flexibility index (Phi) is 5.73. The lowest BCUT2D eigenvalue weighted by atomic mass is 10.2. The van der Waals surface area contributed by atoms with Gasteiger partial charge in [-0.15, -0.1) is 11.8 Å². The zero-order valence-corrected chi connectivity index (χ0v) is 17.2. The number of nitrogens with one attached hydrogen (secondary N) is 1. The average Bonchev–Trinajstić information content (AvgIpc) is 3.08. The minimum absolute atomic E-state index is 0.0528. The molecule has 1 aliphatic rings. The minimum atomic E-state index is -0.416. The van der Waals surface area contributed by atoms with Gasteiger partial charge >= 0.3 is 0 Å². The second-order valence-electron chi connectivity index (χ2n) is 6.63. The van der Waals surface area contributed by atoms with Crippen molar-refractivity contribution in [1.82, 2.24) is 9.55 Å². The van der Waals surface area contributed by atoms with Crippen molar-refractivity contribution in [1.29, 1.82) is 0 Å². The summed E-state index contributed by atoms with van der Waals surface area (Å²) in [4.78, 5) is 30.9. The fourth-order valence-corrected chi connectivity index (χ4v) is 5.02. The van der Waals surface area contributed by atoms with Gasteiger partial charge in [-0.05, 0) is 30.3 Å². The summed E-state index contributed by atoms with van der Waals surface area (Å²) in [7, 11) is 0. The third kappa shape index (κ3) is 4.38. The van der Waals surface area contributed by atoms with Crippen LogP contribution in [0.2, 0.25) is 0 Å². The predicted molar refractivity (Wildman–Crippen MR) is 115 cm³/mol. The molecule has 0 aliphatic carbocycles. The molecule has 0 fully saturated rings. The van der Waals surface area contributed by atoms with E-state index in [9.17, 15) is 14.0 Å². The highest BCUT2D eigenvalue weighted by Gasteiger charge is 2.27. The van der Waals surface area contributed by atoms with Gasteiger partial charge in [0.05, 0.1) is 22.0 Å². The lowest BCUT2D eigenvalue weighted by Gasteiger charge is -2.13. The number of nitrogens with zero attached hydrogens (tertiary/aromatic N) is 2. The van der Waals surface area contributed by atoms with Crippen LogP contribution >= 0.6 is 23.5 Å². The van der Waals surface area contributed by atoms with E-state index in [-0.39, 0.29) is 17.2 Å². The van der Waals surface area contributed by atoms with Crippen LogP contribution in [0.3, 0.4) is 0 Å². The molecule has 2 heterocycles. The second kappa shape index (κ2) is 8.42. The summed E-state index contributed by atoms with van der Waals surface area (Å²) in [6.45, 7) is 2.07. The van der Waals surface area contributed by atoms with Crippen molar-refractivity contribution in [2.24, 2.45) is 0 Å². The molecule has 0 spiro atoms. The number of para-hydroxylation sites is 1. The number of hydrogen-bond donors (Lipinski definition) is 1. The maximum absolute atomic E-state index is 13.3. The van der Waals surface area contributed by atoms with Gasteiger partial charge in [-0.3, -0.25) is 14.2 Å². The number of carbonyl (C=O) groups excluding carboxylic acids is 1. The molecule has 8 heteroatoms. The van der Waals surface area contributed by atoms with Gasteiger partial charge in [0.2, 0.25) is 5.91 Å². The van der Waals surface area contributed by atoms with Crippen LogP contribution in [0.5, 0.6) is 0 Å². The first-order valence-corrected chi connectivity index (χ1v) is 10.9. The molecule has 3 aromatic rings. The van der Waals surface area contributed by atoms with E-state index >= 15 is 0 Å². The van der Waals surface area contributed by atoms with Crippen molar-refractivity contribution in [3.63, 3.8) is 0 Å². The lowest BCUT2D eigenvalue weighted by Crippen LogP contribution is -2.24. The van der Waals surface area contributed by atoms with Crippen LogP contribution in [0.4, 0.5) is 10.1 Å². The Bertz CT molecular complexity index is 1120. The quantitative estimate of drug-likeness (QED) is 0.490. The standard InChI is InChI=1S/C21H18FN3O2S2/c1-13-10-17-19(29-13)20(27)25(16-8-3-2-4-9-16)21(24-17)28-12-18(26)23-15-7-5-6-14(22)11-15/h2-9,11,13H,10,12H2,1H3,(H,23,26). The molecule has 5 nitrogen and oxygen atoms in total. The molecule has 1 unspecified atom stereocenters. The summed E-state index contributed by atoms with van der Waals surface area (Å²) in [5.41, 5.74) is 1.78. The molecule has 1 aromatic heterocycles. The first kappa shape index (κ1) is 19.7. The molecule has 29 heavy (non-hydrogen) atoms. The first-order chi connectivity index (χ1) is 14.0. The van der Waals surface area contributed by atoms with E-state index in [4.69, 9.17) is 4.98 Å². The third-order valence-corrected chi connectivity index (χ3v) is 6.49. The van der Waals surface area contributed by atoms with E-state index in [1.165, 1.54) is 30.0 Å². The summed E-state index contributed by atoms with van der Waals surface area (Å²) in [5, 5.41) is 3.44. The Hall–Kier alpha value is -2.58. The number of hydrogen-bond acceptors (Lipinski definition) is 5. The molecule has 2 aromatic carbocycles. The van der Waals surface area contributed by atoms with Crippen molar-refractivity contribution in [2.45, 2.75) is 28.6 Å². The predicted octanol–water partition coefficient (Wildman–Crippen LogP) is 4.14. The normalized spacial score (nSPS) is 15.2. The van der Waals surface area contributed by atoms with Gasteiger partial charge in [-0.25, -0.2) is 9.37 Å². The number of fused-ring (bicyclic) bond motifs is 1. The number of aromatic nitrogens is 2. The van der Waals surface area contributed by atoms with Crippen LogP contribution in [0.15, 0.2) is 69.4 Å². The van der Waals surface area contributed by atoms with Crippen molar-refractivity contribution < 1.29 is 9.18 Å². The van der Waals surface area contributed by atoms with Crippen LogP contribution in [-0.4, -0.2) is 26.5 Å². The summed E-state index contributed by atoms with van der Waals surface area (Å²) >= 11 is 2.73. The van der Waals surface area contributed by atoms with Crippen LogP contribution in [0.25, 0.3) is 5.69 Å². The summed E-state index contributed by atoms with van der Waals surface area (Å²) in [5.74, 6) is -0.657. The smallest absolute Gasteiger partial charge is 0.272 e. The highest BCUT2D eigenvalue weighted by molar-refractivity contribution is 8.00. The van der Waals surface area contributed by atoms with Gasteiger partial charge in [-0.1, -0.05) is 43.0 Å². The van der Waals surface area contributed by atoms with Crippen LogP contribution in [0.1, 0.15) is 12.6 Å². The third-order valence-electron chi connectivity index (χ3n) is 4.34. The summed E-state index contributed by atoms with van der Waals surface area (Å²) < 4.78 is 14.9. The molecule has 148 valence electrons. The van der Waals surface area contributed by atoms with Gasteiger partial charge in [0, 0.05) is 17.4 Å². The Morgan fingerprint density at radius 3 is 2.83 bits per heavy atom. The molecule has 1 N–H and O–H groups in total. The highest BCUT2D eigenvalue weighted by Crippen LogP contribution is 2.34. The van der Waals surface area contributed by atoms with Crippen LogP contribution in [0, 0.1) is 5.82 Å². The number of benzene rings is 2. The number of carbonyl (C=O) groups is 1.